The maximum Gasteiger partial charge on any atom is 0.271 e. The molecule has 4 atom stereocenters. The standard InChI is InChI=1S/C22H17N3O6/c26-17-8-7-15(25(30)31)10-16(17)23-20(27)11-3-5-14(6-4-11)24-21(28)18-12-1-2-13(9-12)19(18)22(24)29/h1-8,10,12-13,18-19,26H,9H2,(H,23,27)/t12-,13+,18-,19+. The zero-order valence-electron chi connectivity index (χ0n) is 16.1. The lowest BCUT2D eigenvalue weighted by Gasteiger charge is -2.17. The van der Waals surface area contributed by atoms with Crippen molar-refractivity contribution in [2.75, 3.05) is 10.2 Å². The van der Waals surface area contributed by atoms with Crippen LogP contribution in [0, 0.1) is 33.8 Å². The monoisotopic (exact) mass is 419 g/mol. The Kier molecular flexibility index (Phi) is 4.14. The summed E-state index contributed by atoms with van der Waals surface area (Å²) in [6.07, 6.45) is 4.90. The van der Waals surface area contributed by atoms with Crippen LogP contribution in [0.1, 0.15) is 16.8 Å². The van der Waals surface area contributed by atoms with E-state index < -0.39 is 10.8 Å². The maximum atomic E-state index is 12.9. The lowest BCUT2D eigenvalue weighted by Crippen LogP contribution is -2.32. The maximum absolute atomic E-state index is 12.9. The van der Waals surface area contributed by atoms with Crippen molar-refractivity contribution in [3.05, 3.63) is 70.3 Å². The average Bonchev–Trinajstić information content (AvgIpc) is 3.43. The Morgan fingerprint density at radius 2 is 1.65 bits per heavy atom. The summed E-state index contributed by atoms with van der Waals surface area (Å²) in [5.41, 5.74) is 0.238. The minimum atomic E-state index is -0.634. The van der Waals surface area contributed by atoms with Gasteiger partial charge in [-0.2, -0.15) is 0 Å². The van der Waals surface area contributed by atoms with Crippen molar-refractivity contribution in [3.8, 4) is 5.75 Å². The van der Waals surface area contributed by atoms with Crippen LogP contribution >= 0.6 is 0 Å². The van der Waals surface area contributed by atoms with E-state index in [-0.39, 0.29) is 58.2 Å². The molecule has 3 aliphatic rings. The minimum absolute atomic E-state index is 0.0935. The molecule has 2 aromatic rings. The molecule has 5 rings (SSSR count). The molecule has 0 radical (unpaired) electrons. The molecule has 31 heavy (non-hydrogen) atoms. The Balaban J connectivity index is 1.35. The van der Waals surface area contributed by atoms with Crippen molar-refractivity contribution in [1.29, 1.82) is 0 Å². The summed E-state index contributed by atoms with van der Waals surface area (Å²) in [7, 11) is 0. The Bertz CT molecular complexity index is 1140. The van der Waals surface area contributed by atoms with Crippen molar-refractivity contribution in [2.24, 2.45) is 23.7 Å². The van der Waals surface area contributed by atoms with Crippen molar-refractivity contribution in [1.82, 2.24) is 0 Å². The normalized spacial score (nSPS) is 25.7. The predicted molar refractivity (Wildman–Crippen MR) is 109 cm³/mol. The molecule has 1 saturated carbocycles. The molecule has 0 aromatic heterocycles. The molecule has 9 heteroatoms. The molecule has 1 saturated heterocycles. The number of hydrogen-bond acceptors (Lipinski definition) is 6. The number of phenolic OH excluding ortho intramolecular Hbond substituents is 1. The molecule has 156 valence electrons. The first kappa shape index (κ1) is 19.0. The number of nitro groups is 1. The van der Waals surface area contributed by atoms with E-state index in [4.69, 9.17) is 0 Å². The third-order valence-electron chi connectivity index (χ3n) is 6.30. The van der Waals surface area contributed by atoms with E-state index in [9.17, 15) is 29.6 Å². The topological polar surface area (TPSA) is 130 Å². The third kappa shape index (κ3) is 2.89. The molecular formula is C22H17N3O6. The molecule has 2 fully saturated rings. The molecule has 2 aliphatic carbocycles. The lowest BCUT2D eigenvalue weighted by atomic mass is 9.85. The van der Waals surface area contributed by atoms with Crippen LogP contribution < -0.4 is 10.2 Å². The summed E-state index contributed by atoms with van der Waals surface area (Å²) >= 11 is 0. The largest absolute Gasteiger partial charge is 0.506 e. The van der Waals surface area contributed by atoms with Gasteiger partial charge in [0, 0.05) is 17.7 Å². The molecule has 3 amide bonds. The van der Waals surface area contributed by atoms with Gasteiger partial charge in [0.1, 0.15) is 5.75 Å². The second-order valence-electron chi connectivity index (χ2n) is 7.97. The van der Waals surface area contributed by atoms with Crippen LogP contribution in [-0.2, 0) is 9.59 Å². The van der Waals surface area contributed by atoms with Crippen LogP contribution in [0.25, 0.3) is 0 Å². The van der Waals surface area contributed by atoms with Crippen molar-refractivity contribution < 1.29 is 24.4 Å². The number of nitro benzene ring substituents is 1. The average molecular weight is 419 g/mol. The van der Waals surface area contributed by atoms with E-state index in [1.165, 1.54) is 29.2 Å². The van der Waals surface area contributed by atoms with Crippen LogP contribution in [-0.4, -0.2) is 27.8 Å². The summed E-state index contributed by atoms with van der Waals surface area (Å²) in [5.74, 6) is -1.69. The molecular weight excluding hydrogens is 402 g/mol. The van der Waals surface area contributed by atoms with Gasteiger partial charge in [0.2, 0.25) is 11.8 Å². The SMILES string of the molecule is O=C(Nc1cc([N+](=O)[O-])ccc1O)c1ccc(N2C(=O)[C@@H]3[C@H](C2=O)[C@@H]2C=C[C@H]3C2)cc1. The Morgan fingerprint density at radius 1 is 1.03 bits per heavy atom. The molecule has 2 N–H and O–H groups in total. The number of carbonyl (C=O) groups is 3. The quantitative estimate of drug-likeness (QED) is 0.258. The second kappa shape index (κ2) is 6.76. The first-order valence-corrected chi connectivity index (χ1v) is 9.80. The summed E-state index contributed by atoms with van der Waals surface area (Å²) in [6.45, 7) is 0. The number of rotatable bonds is 4. The zero-order chi connectivity index (χ0) is 21.9. The highest BCUT2D eigenvalue weighted by molar-refractivity contribution is 6.23. The van der Waals surface area contributed by atoms with Crippen LogP contribution in [0.3, 0.4) is 0 Å². The van der Waals surface area contributed by atoms with Crippen molar-refractivity contribution >= 4 is 34.8 Å². The number of anilines is 2. The number of allylic oxidation sites excluding steroid dienone is 2. The fraction of sp³-hybridized carbons (Fsp3) is 0.227. The fourth-order valence-electron chi connectivity index (χ4n) is 4.85. The summed E-state index contributed by atoms with van der Waals surface area (Å²) in [4.78, 5) is 49.7. The first-order valence-electron chi connectivity index (χ1n) is 9.80. The number of benzene rings is 2. The Morgan fingerprint density at radius 3 is 2.23 bits per heavy atom. The van der Waals surface area contributed by atoms with Crippen LogP contribution in [0.4, 0.5) is 17.1 Å². The van der Waals surface area contributed by atoms with E-state index >= 15 is 0 Å². The highest BCUT2D eigenvalue weighted by atomic mass is 16.6. The van der Waals surface area contributed by atoms with E-state index in [2.05, 4.69) is 5.32 Å². The van der Waals surface area contributed by atoms with Gasteiger partial charge in [-0.3, -0.25) is 29.4 Å². The molecule has 2 aromatic carbocycles. The van der Waals surface area contributed by atoms with Crippen molar-refractivity contribution in [2.45, 2.75) is 6.42 Å². The van der Waals surface area contributed by atoms with Gasteiger partial charge < -0.3 is 10.4 Å². The van der Waals surface area contributed by atoms with Gasteiger partial charge in [0.05, 0.1) is 28.1 Å². The van der Waals surface area contributed by atoms with Crippen LogP contribution in [0.15, 0.2) is 54.6 Å². The molecule has 0 spiro atoms. The van der Waals surface area contributed by atoms with Gasteiger partial charge in [-0.25, -0.2) is 0 Å². The Hall–Kier alpha value is -4.01. The zero-order valence-corrected chi connectivity index (χ0v) is 16.1. The summed E-state index contributed by atoms with van der Waals surface area (Å²) in [6, 6.07) is 9.27. The molecule has 1 aliphatic heterocycles. The Labute approximate surface area is 176 Å². The number of non-ortho nitro benzene ring substituents is 1. The minimum Gasteiger partial charge on any atom is -0.506 e. The number of aromatic hydroxyl groups is 1. The van der Waals surface area contributed by atoms with Crippen LogP contribution in [0.5, 0.6) is 5.75 Å². The molecule has 9 nitrogen and oxygen atoms in total. The van der Waals surface area contributed by atoms with Gasteiger partial charge in [-0.05, 0) is 48.6 Å². The highest BCUT2D eigenvalue weighted by Gasteiger charge is 2.59. The summed E-state index contributed by atoms with van der Waals surface area (Å²) < 4.78 is 0. The van der Waals surface area contributed by atoms with Crippen LogP contribution in [0.2, 0.25) is 0 Å². The van der Waals surface area contributed by atoms with E-state index in [1.807, 2.05) is 12.2 Å². The molecule has 1 heterocycles. The van der Waals surface area contributed by atoms with E-state index in [0.717, 1.165) is 24.6 Å². The number of fused-ring (bicyclic) bond motifs is 5. The number of imide groups is 1. The van der Waals surface area contributed by atoms with Gasteiger partial charge >= 0.3 is 0 Å². The highest BCUT2D eigenvalue weighted by Crippen LogP contribution is 2.53. The number of amides is 3. The van der Waals surface area contributed by atoms with E-state index in [0.29, 0.717) is 5.69 Å². The number of hydrogen-bond donors (Lipinski definition) is 2. The third-order valence-corrected chi connectivity index (χ3v) is 6.30. The second-order valence-corrected chi connectivity index (χ2v) is 7.97. The number of phenols is 1. The predicted octanol–water partition coefficient (Wildman–Crippen LogP) is 2.86. The van der Waals surface area contributed by atoms with Gasteiger partial charge in [-0.15, -0.1) is 0 Å². The summed E-state index contributed by atoms with van der Waals surface area (Å²) in [5, 5.41) is 23.2. The van der Waals surface area contributed by atoms with E-state index in [1.54, 1.807) is 0 Å². The van der Waals surface area contributed by atoms with Gasteiger partial charge in [-0.1, -0.05) is 12.2 Å². The van der Waals surface area contributed by atoms with Gasteiger partial charge in [0.25, 0.3) is 11.6 Å². The smallest absolute Gasteiger partial charge is 0.271 e. The number of nitrogens with one attached hydrogen (secondary N) is 1. The lowest BCUT2D eigenvalue weighted by molar-refractivity contribution is -0.384. The molecule has 2 bridgehead atoms. The molecule has 0 unspecified atom stereocenters. The van der Waals surface area contributed by atoms with Gasteiger partial charge in [0.15, 0.2) is 0 Å². The first-order chi connectivity index (χ1) is 14.8. The number of nitrogens with zero attached hydrogens (tertiary/aromatic N) is 2. The van der Waals surface area contributed by atoms with Crippen molar-refractivity contribution in [3.63, 3.8) is 0 Å². The number of carbonyl (C=O) groups excluding carboxylic acids is 3. The fourth-order valence-corrected chi connectivity index (χ4v) is 4.85.